The number of methoxy groups -OCH3 is 1. The number of aromatic amines is 1. The molecule has 0 bridgehead atoms. The van der Waals surface area contributed by atoms with E-state index in [1.165, 1.54) is 0 Å². The topological polar surface area (TPSA) is 59.9 Å². The molecule has 43 heavy (non-hydrogen) atoms. The summed E-state index contributed by atoms with van der Waals surface area (Å²) in [6.07, 6.45) is 5.88. The molecule has 206 valence electrons. The zero-order valence-corrected chi connectivity index (χ0v) is 23.8. The lowest BCUT2D eigenvalue weighted by atomic mass is 10.1. The van der Waals surface area contributed by atoms with Crippen molar-refractivity contribution in [1.82, 2.24) is 14.5 Å². The Labute approximate surface area is 248 Å². The standard InChI is InChI=1S/C38H27N3O2/c1-25-21-26(11-12-27-13-15-29-23-31(43-2)18-16-28(29)22-27)14-19-36(25)41-37(40-35-10-6-4-8-33(35)38(41)42)20-17-30-24-39-34-9-5-3-7-32(30)34/h3-10,13-24,39H,1-2H3. The molecule has 0 aliphatic carbocycles. The fraction of sp³-hybridized carbons (Fsp3) is 0.0526. The predicted molar refractivity (Wildman–Crippen MR) is 176 cm³/mol. The number of aryl methyl sites for hydroxylation is 1. The van der Waals surface area contributed by atoms with Crippen LogP contribution in [-0.2, 0) is 0 Å². The number of ether oxygens (including phenoxy) is 1. The van der Waals surface area contributed by atoms with E-state index in [-0.39, 0.29) is 5.56 Å². The largest absolute Gasteiger partial charge is 0.497 e. The Kier molecular flexibility index (Phi) is 6.58. The van der Waals surface area contributed by atoms with Crippen molar-refractivity contribution in [3.8, 4) is 23.3 Å². The number of fused-ring (bicyclic) bond motifs is 3. The first-order valence-corrected chi connectivity index (χ1v) is 14.0. The highest BCUT2D eigenvalue weighted by Crippen LogP contribution is 2.24. The van der Waals surface area contributed by atoms with Gasteiger partial charge in [0, 0.05) is 28.2 Å². The minimum atomic E-state index is -0.112. The number of H-pyrrole nitrogens is 1. The molecular formula is C38H27N3O2. The summed E-state index contributed by atoms with van der Waals surface area (Å²) >= 11 is 0. The van der Waals surface area contributed by atoms with E-state index in [4.69, 9.17) is 9.72 Å². The summed E-state index contributed by atoms with van der Waals surface area (Å²) in [4.78, 5) is 22.1. The second-order valence-corrected chi connectivity index (χ2v) is 10.4. The van der Waals surface area contributed by atoms with Crippen molar-refractivity contribution in [3.63, 3.8) is 0 Å². The molecule has 0 saturated heterocycles. The number of para-hydroxylation sites is 2. The molecule has 2 aromatic heterocycles. The van der Waals surface area contributed by atoms with Crippen LogP contribution in [0.2, 0.25) is 0 Å². The zero-order valence-electron chi connectivity index (χ0n) is 23.8. The van der Waals surface area contributed by atoms with Crippen molar-refractivity contribution in [3.05, 3.63) is 148 Å². The molecule has 0 aliphatic heterocycles. The average Bonchev–Trinajstić information content (AvgIpc) is 3.46. The monoisotopic (exact) mass is 557 g/mol. The van der Waals surface area contributed by atoms with E-state index in [2.05, 4.69) is 35.0 Å². The normalized spacial score (nSPS) is 11.3. The average molecular weight is 558 g/mol. The lowest BCUT2D eigenvalue weighted by molar-refractivity contribution is 0.415. The Hall–Kier alpha value is -5.86. The van der Waals surface area contributed by atoms with Crippen LogP contribution in [0.4, 0.5) is 0 Å². The third kappa shape index (κ3) is 4.96. The van der Waals surface area contributed by atoms with E-state index in [9.17, 15) is 4.79 Å². The lowest BCUT2D eigenvalue weighted by Gasteiger charge is -2.14. The third-order valence-corrected chi connectivity index (χ3v) is 7.67. The summed E-state index contributed by atoms with van der Waals surface area (Å²) in [5.74, 6) is 7.97. The molecule has 0 saturated carbocycles. The lowest BCUT2D eigenvalue weighted by Crippen LogP contribution is -2.23. The summed E-state index contributed by atoms with van der Waals surface area (Å²) in [6.45, 7) is 2.00. The van der Waals surface area contributed by atoms with Gasteiger partial charge in [0.2, 0.25) is 0 Å². The predicted octanol–water partition coefficient (Wildman–Crippen LogP) is 7.91. The third-order valence-electron chi connectivity index (χ3n) is 7.67. The second-order valence-electron chi connectivity index (χ2n) is 10.4. The van der Waals surface area contributed by atoms with E-state index < -0.39 is 0 Å². The first-order chi connectivity index (χ1) is 21.1. The molecule has 1 N–H and O–H groups in total. The number of rotatable bonds is 4. The van der Waals surface area contributed by atoms with E-state index in [1.807, 2.05) is 110 Å². The summed E-state index contributed by atoms with van der Waals surface area (Å²) in [6, 6.07) is 33.7. The first kappa shape index (κ1) is 26.1. The van der Waals surface area contributed by atoms with Crippen molar-refractivity contribution in [2.75, 3.05) is 7.11 Å². The van der Waals surface area contributed by atoms with Gasteiger partial charge in [-0.15, -0.1) is 0 Å². The molecule has 0 atom stereocenters. The van der Waals surface area contributed by atoms with E-state index >= 15 is 0 Å². The van der Waals surface area contributed by atoms with Gasteiger partial charge in [0.25, 0.3) is 5.56 Å². The van der Waals surface area contributed by atoms with Gasteiger partial charge in [-0.05, 0) is 102 Å². The Morgan fingerprint density at radius 1 is 0.791 bits per heavy atom. The van der Waals surface area contributed by atoms with E-state index in [0.29, 0.717) is 16.7 Å². The van der Waals surface area contributed by atoms with Crippen LogP contribution in [0.3, 0.4) is 0 Å². The van der Waals surface area contributed by atoms with Crippen LogP contribution in [-0.4, -0.2) is 21.6 Å². The number of hydrogen-bond acceptors (Lipinski definition) is 3. The molecule has 0 amide bonds. The van der Waals surface area contributed by atoms with E-state index in [1.54, 1.807) is 11.7 Å². The van der Waals surface area contributed by atoms with Crippen LogP contribution < -0.4 is 10.3 Å². The summed E-state index contributed by atoms with van der Waals surface area (Å²) in [7, 11) is 1.67. The second kappa shape index (κ2) is 10.8. The maximum absolute atomic E-state index is 13.9. The Morgan fingerprint density at radius 2 is 1.51 bits per heavy atom. The van der Waals surface area contributed by atoms with Crippen LogP contribution in [0.5, 0.6) is 5.75 Å². The molecule has 0 aliphatic rings. The fourth-order valence-corrected chi connectivity index (χ4v) is 5.45. The molecule has 0 radical (unpaired) electrons. The highest BCUT2D eigenvalue weighted by Gasteiger charge is 2.13. The molecule has 7 aromatic rings. The quantitative estimate of drug-likeness (QED) is 0.224. The van der Waals surface area contributed by atoms with Crippen LogP contribution >= 0.6 is 0 Å². The van der Waals surface area contributed by atoms with Crippen LogP contribution in [0.15, 0.2) is 114 Å². The fourth-order valence-electron chi connectivity index (χ4n) is 5.45. The van der Waals surface area contributed by atoms with Gasteiger partial charge < -0.3 is 9.72 Å². The number of benzene rings is 5. The molecule has 0 spiro atoms. The van der Waals surface area contributed by atoms with Crippen molar-refractivity contribution in [1.29, 1.82) is 0 Å². The number of nitrogens with zero attached hydrogens (tertiary/aromatic N) is 2. The molecule has 0 unspecified atom stereocenters. The minimum Gasteiger partial charge on any atom is -0.497 e. The first-order valence-electron chi connectivity index (χ1n) is 14.0. The number of hydrogen-bond donors (Lipinski definition) is 1. The smallest absolute Gasteiger partial charge is 0.266 e. The molecular weight excluding hydrogens is 530 g/mol. The van der Waals surface area contributed by atoms with E-state index in [0.717, 1.165) is 55.4 Å². The molecule has 2 heterocycles. The maximum Gasteiger partial charge on any atom is 0.266 e. The Balaban J connectivity index is 1.28. The molecule has 0 fully saturated rings. The van der Waals surface area contributed by atoms with Crippen molar-refractivity contribution in [2.45, 2.75) is 6.92 Å². The van der Waals surface area contributed by atoms with Gasteiger partial charge in [-0.2, -0.15) is 0 Å². The van der Waals surface area contributed by atoms with Gasteiger partial charge >= 0.3 is 0 Å². The molecule has 5 aromatic carbocycles. The highest BCUT2D eigenvalue weighted by molar-refractivity contribution is 5.91. The van der Waals surface area contributed by atoms with Crippen molar-refractivity contribution < 1.29 is 4.74 Å². The van der Waals surface area contributed by atoms with Crippen LogP contribution in [0, 0.1) is 18.8 Å². The number of aromatic nitrogens is 3. The molecule has 7 rings (SSSR count). The van der Waals surface area contributed by atoms with Gasteiger partial charge in [0.1, 0.15) is 11.6 Å². The maximum atomic E-state index is 13.9. The van der Waals surface area contributed by atoms with Crippen molar-refractivity contribution >= 4 is 44.7 Å². The van der Waals surface area contributed by atoms with Crippen LogP contribution in [0.25, 0.3) is 50.4 Å². The minimum absolute atomic E-state index is 0.112. The summed E-state index contributed by atoms with van der Waals surface area (Å²) in [5.41, 5.74) is 6.13. The highest BCUT2D eigenvalue weighted by atomic mass is 16.5. The molecule has 5 nitrogen and oxygen atoms in total. The number of nitrogens with one attached hydrogen (secondary N) is 1. The van der Waals surface area contributed by atoms with Gasteiger partial charge in [-0.1, -0.05) is 54.3 Å². The van der Waals surface area contributed by atoms with Gasteiger partial charge in [0.05, 0.1) is 23.7 Å². The Morgan fingerprint density at radius 3 is 2.35 bits per heavy atom. The SMILES string of the molecule is COc1ccc2cc(C#Cc3ccc(-n4c(C=Cc5c[nH]c6ccccc56)nc5ccccc5c4=O)c(C)c3)ccc2c1. The van der Waals surface area contributed by atoms with Crippen molar-refractivity contribution in [2.24, 2.45) is 0 Å². The molecule has 5 heteroatoms. The van der Waals surface area contributed by atoms with Gasteiger partial charge in [-0.3, -0.25) is 9.36 Å². The summed E-state index contributed by atoms with van der Waals surface area (Å²) in [5, 5.41) is 3.90. The van der Waals surface area contributed by atoms with Crippen LogP contribution in [0.1, 0.15) is 28.1 Å². The zero-order chi connectivity index (χ0) is 29.3. The van der Waals surface area contributed by atoms with Gasteiger partial charge in [0.15, 0.2) is 0 Å². The Bertz CT molecular complexity index is 2330. The summed E-state index contributed by atoms with van der Waals surface area (Å²) < 4.78 is 7.03. The van der Waals surface area contributed by atoms with Gasteiger partial charge in [-0.25, -0.2) is 4.98 Å².